The van der Waals surface area contributed by atoms with Crippen LogP contribution in [0.2, 0.25) is 0 Å². The molecule has 0 aliphatic carbocycles. The summed E-state index contributed by atoms with van der Waals surface area (Å²) >= 11 is 0. The molecule has 0 saturated carbocycles. The summed E-state index contributed by atoms with van der Waals surface area (Å²) in [6.45, 7) is 2.45. The Balaban J connectivity index is 3.00. The predicted octanol–water partition coefficient (Wildman–Crippen LogP) is 0.492. The molecular formula is C10H15N3O5S. The molecular weight excluding hydrogens is 274 g/mol. The molecule has 0 spiro atoms. The van der Waals surface area contributed by atoms with Gasteiger partial charge in [-0.25, -0.2) is 13.1 Å². The summed E-state index contributed by atoms with van der Waals surface area (Å²) in [5, 5.41) is 10.8. The Morgan fingerprint density at radius 3 is 2.74 bits per heavy atom. The first kappa shape index (κ1) is 15.3. The monoisotopic (exact) mass is 289 g/mol. The van der Waals surface area contributed by atoms with Crippen molar-refractivity contribution in [2.75, 3.05) is 25.5 Å². The summed E-state index contributed by atoms with van der Waals surface area (Å²) in [5.41, 5.74) is 5.08. The minimum absolute atomic E-state index is 0.0299. The highest BCUT2D eigenvalue weighted by atomic mass is 32.2. The van der Waals surface area contributed by atoms with Gasteiger partial charge in [-0.05, 0) is 19.1 Å². The second-order valence-corrected chi connectivity index (χ2v) is 5.31. The highest BCUT2D eigenvalue weighted by molar-refractivity contribution is 7.89. The number of nitrogens with two attached hydrogens (primary N) is 1. The Morgan fingerprint density at radius 1 is 1.47 bits per heavy atom. The van der Waals surface area contributed by atoms with E-state index in [2.05, 4.69) is 4.72 Å². The van der Waals surface area contributed by atoms with Crippen LogP contribution in [0.25, 0.3) is 0 Å². The quantitative estimate of drug-likeness (QED) is 0.326. The van der Waals surface area contributed by atoms with E-state index in [1.54, 1.807) is 6.92 Å². The number of hydrogen-bond donors (Lipinski definition) is 2. The maximum atomic E-state index is 11.9. The predicted molar refractivity (Wildman–Crippen MR) is 69.2 cm³/mol. The number of nitrogens with one attached hydrogen (secondary N) is 1. The molecule has 0 bridgehead atoms. The van der Waals surface area contributed by atoms with Gasteiger partial charge in [0.05, 0.1) is 11.5 Å². The smallest absolute Gasteiger partial charge is 0.289 e. The Bertz CT molecular complexity index is 558. The van der Waals surface area contributed by atoms with Gasteiger partial charge in [0.1, 0.15) is 0 Å². The third kappa shape index (κ3) is 4.16. The SMILES string of the molecule is CCOCCNS(=O)(=O)c1cc(N)ccc1[N+](=O)[O-]. The summed E-state index contributed by atoms with van der Waals surface area (Å²) in [6.07, 6.45) is 0. The second-order valence-electron chi connectivity index (χ2n) is 3.58. The maximum absolute atomic E-state index is 11.9. The molecule has 8 nitrogen and oxygen atoms in total. The van der Waals surface area contributed by atoms with Gasteiger partial charge in [0.15, 0.2) is 4.90 Å². The van der Waals surface area contributed by atoms with Crippen LogP contribution < -0.4 is 10.5 Å². The molecule has 0 amide bonds. The number of sulfonamides is 1. The largest absolute Gasteiger partial charge is 0.399 e. The average Bonchev–Trinajstić information content (AvgIpc) is 2.34. The minimum atomic E-state index is -3.99. The molecule has 1 aromatic carbocycles. The van der Waals surface area contributed by atoms with Gasteiger partial charge in [0, 0.05) is 24.9 Å². The van der Waals surface area contributed by atoms with E-state index in [0.29, 0.717) is 6.61 Å². The number of nitrogen functional groups attached to an aromatic ring is 1. The lowest BCUT2D eigenvalue weighted by atomic mass is 10.3. The maximum Gasteiger partial charge on any atom is 0.289 e. The molecule has 0 saturated heterocycles. The van der Waals surface area contributed by atoms with E-state index in [0.717, 1.165) is 12.1 Å². The van der Waals surface area contributed by atoms with E-state index in [1.807, 2.05) is 0 Å². The van der Waals surface area contributed by atoms with Gasteiger partial charge in [-0.15, -0.1) is 0 Å². The fourth-order valence-corrected chi connectivity index (χ4v) is 2.58. The summed E-state index contributed by atoms with van der Waals surface area (Å²) in [7, 11) is -3.99. The lowest BCUT2D eigenvalue weighted by Gasteiger charge is -2.08. The zero-order chi connectivity index (χ0) is 14.5. The fourth-order valence-electron chi connectivity index (χ4n) is 1.37. The third-order valence-corrected chi connectivity index (χ3v) is 3.70. The second kappa shape index (κ2) is 6.45. The van der Waals surface area contributed by atoms with E-state index in [9.17, 15) is 18.5 Å². The number of benzene rings is 1. The van der Waals surface area contributed by atoms with Gasteiger partial charge >= 0.3 is 0 Å². The number of anilines is 1. The van der Waals surface area contributed by atoms with Crippen LogP contribution >= 0.6 is 0 Å². The standard InChI is InChI=1S/C10H15N3O5S/c1-2-18-6-5-12-19(16,17)10-7-8(11)3-4-9(10)13(14)15/h3-4,7,12H,2,5-6,11H2,1H3. The molecule has 0 heterocycles. The van der Waals surface area contributed by atoms with Crippen molar-refractivity contribution in [1.29, 1.82) is 0 Å². The van der Waals surface area contributed by atoms with Crippen LogP contribution in [0.5, 0.6) is 0 Å². The van der Waals surface area contributed by atoms with E-state index in [-0.39, 0.29) is 18.8 Å². The highest BCUT2D eigenvalue weighted by Crippen LogP contribution is 2.25. The van der Waals surface area contributed by atoms with Crippen molar-refractivity contribution in [3.8, 4) is 0 Å². The van der Waals surface area contributed by atoms with Gasteiger partial charge in [0.25, 0.3) is 5.69 Å². The lowest BCUT2D eigenvalue weighted by Crippen LogP contribution is -2.28. The normalized spacial score (nSPS) is 11.4. The molecule has 0 unspecified atom stereocenters. The van der Waals surface area contributed by atoms with Crippen molar-refractivity contribution in [2.24, 2.45) is 0 Å². The van der Waals surface area contributed by atoms with Crippen LogP contribution in [0.3, 0.4) is 0 Å². The number of nitrogens with zero attached hydrogens (tertiary/aromatic N) is 1. The zero-order valence-electron chi connectivity index (χ0n) is 10.3. The van der Waals surface area contributed by atoms with E-state index in [4.69, 9.17) is 10.5 Å². The van der Waals surface area contributed by atoms with Crippen molar-refractivity contribution >= 4 is 21.4 Å². The highest BCUT2D eigenvalue weighted by Gasteiger charge is 2.25. The number of rotatable bonds is 7. The van der Waals surface area contributed by atoms with Crippen LogP contribution in [-0.4, -0.2) is 33.1 Å². The number of hydrogen-bond acceptors (Lipinski definition) is 6. The Labute approximate surface area is 110 Å². The summed E-state index contributed by atoms with van der Waals surface area (Å²) in [4.78, 5) is 9.59. The number of nitro benzene ring substituents is 1. The first-order valence-electron chi connectivity index (χ1n) is 5.50. The van der Waals surface area contributed by atoms with Crippen LogP contribution in [0.4, 0.5) is 11.4 Å². The van der Waals surface area contributed by atoms with Gasteiger partial charge < -0.3 is 10.5 Å². The van der Waals surface area contributed by atoms with E-state index in [1.165, 1.54) is 6.07 Å². The van der Waals surface area contributed by atoms with Gasteiger partial charge in [-0.2, -0.15) is 0 Å². The molecule has 0 radical (unpaired) electrons. The number of nitro groups is 1. The third-order valence-electron chi connectivity index (χ3n) is 2.21. The molecule has 0 fully saturated rings. The molecule has 106 valence electrons. The van der Waals surface area contributed by atoms with Crippen LogP contribution in [0.15, 0.2) is 23.1 Å². The van der Waals surface area contributed by atoms with E-state index < -0.39 is 25.5 Å². The van der Waals surface area contributed by atoms with E-state index >= 15 is 0 Å². The van der Waals surface area contributed by atoms with Gasteiger partial charge in [0.2, 0.25) is 10.0 Å². The lowest BCUT2D eigenvalue weighted by molar-refractivity contribution is -0.387. The molecule has 1 rings (SSSR count). The van der Waals surface area contributed by atoms with Crippen molar-refractivity contribution in [1.82, 2.24) is 4.72 Å². The summed E-state index contributed by atoms with van der Waals surface area (Å²) in [6, 6.07) is 3.39. The molecule has 9 heteroatoms. The fraction of sp³-hybridized carbons (Fsp3) is 0.400. The molecule has 3 N–H and O–H groups in total. The topological polar surface area (TPSA) is 125 Å². The van der Waals surface area contributed by atoms with Crippen molar-refractivity contribution < 1.29 is 18.1 Å². The minimum Gasteiger partial charge on any atom is -0.399 e. The number of ether oxygens (including phenoxy) is 1. The Hall–Kier alpha value is -1.71. The first-order chi connectivity index (χ1) is 8.88. The van der Waals surface area contributed by atoms with Crippen molar-refractivity contribution in [3.05, 3.63) is 28.3 Å². The molecule has 1 aromatic rings. The van der Waals surface area contributed by atoms with Crippen LogP contribution in [0, 0.1) is 10.1 Å². The molecule has 0 aliphatic rings. The molecule has 0 aliphatic heterocycles. The molecule has 0 atom stereocenters. The first-order valence-corrected chi connectivity index (χ1v) is 6.98. The van der Waals surface area contributed by atoms with Crippen LogP contribution in [0.1, 0.15) is 6.92 Å². The van der Waals surface area contributed by atoms with Crippen molar-refractivity contribution in [3.63, 3.8) is 0 Å². The average molecular weight is 289 g/mol. The summed E-state index contributed by atoms with van der Waals surface area (Å²) < 4.78 is 31.1. The van der Waals surface area contributed by atoms with Gasteiger partial charge in [-0.1, -0.05) is 0 Å². The van der Waals surface area contributed by atoms with Gasteiger partial charge in [-0.3, -0.25) is 10.1 Å². The molecule has 0 aromatic heterocycles. The van der Waals surface area contributed by atoms with Crippen molar-refractivity contribution in [2.45, 2.75) is 11.8 Å². The van der Waals surface area contributed by atoms with Crippen LogP contribution in [-0.2, 0) is 14.8 Å². The zero-order valence-corrected chi connectivity index (χ0v) is 11.1. The Kier molecular flexibility index (Phi) is 5.21. The Morgan fingerprint density at radius 2 is 2.16 bits per heavy atom. The molecule has 19 heavy (non-hydrogen) atoms. The summed E-state index contributed by atoms with van der Waals surface area (Å²) in [5.74, 6) is 0.